The lowest BCUT2D eigenvalue weighted by molar-refractivity contribution is 0.189. The maximum atomic E-state index is 4.54. The SMILES string of the molecule is CN=C(NCCc1ccc2ccccc2c1)N1CCC(C)C(n2ccnc2)C1.I. The van der Waals surface area contributed by atoms with Crippen LogP contribution in [0.1, 0.15) is 24.9 Å². The van der Waals surface area contributed by atoms with E-state index in [1.807, 2.05) is 19.6 Å². The zero-order chi connectivity index (χ0) is 19.3. The number of fused-ring (bicyclic) bond motifs is 1. The fourth-order valence-electron chi connectivity index (χ4n) is 4.14. The van der Waals surface area contributed by atoms with Gasteiger partial charge in [-0.3, -0.25) is 4.99 Å². The zero-order valence-electron chi connectivity index (χ0n) is 17.2. The zero-order valence-corrected chi connectivity index (χ0v) is 19.5. The Morgan fingerprint density at radius 2 is 2.03 bits per heavy atom. The first-order valence-corrected chi connectivity index (χ1v) is 10.2. The van der Waals surface area contributed by atoms with Crippen molar-refractivity contribution in [2.75, 3.05) is 26.7 Å². The van der Waals surface area contributed by atoms with Gasteiger partial charge in [0.1, 0.15) is 0 Å². The van der Waals surface area contributed by atoms with E-state index in [1.165, 1.54) is 16.3 Å². The fourth-order valence-corrected chi connectivity index (χ4v) is 4.14. The molecule has 0 amide bonds. The molecular formula is C23H30IN5. The van der Waals surface area contributed by atoms with E-state index in [-0.39, 0.29) is 24.0 Å². The van der Waals surface area contributed by atoms with Gasteiger partial charge in [0.2, 0.25) is 0 Å². The highest BCUT2D eigenvalue weighted by Crippen LogP contribution is 2.27. The Hall–Kier alpha value is -2.09. The van der Waals surface area contributed by atoms with Crippen LogP contribution in [0.2, 0.25) is 0 Å². The van der Waals surface area contributed by atoms with Gasteiger partial charge in [-0.2, -0.15) is 0 Å². The number of benzene rings is 2. The van der Waals surface area contributed by atoms with E-state index in [0.717, 1.165) is 38.4 Å². The minimum Gasteiger partial charge on any atom is -0.356 e. The van der Waals surface area contributed by atoms with Gasteiger partial charge in [0, 0.05) is 39.1 Å². The summed E-state index contributed by atoms with van der Waals surface area (Å²) in [6.07, 6.45) is 8.01. The Balaban J connectivity index is 0.00000240. The van der Waals surface area contributed by atoms with Crippen LogP contribution >= 0.6 is 24.0 Å². The number of likely N-dealkylation sites (tertiary alicyclic amines) is 1. The number of hydrogen-bond donors (Lipinski definition) is 1. The number of piperidine rings is 1. The molecule has 4 rings (SSSR count). The second-order valence-corrected chi connectivity index (χ2v) is 7.69. The van der Waals surface area contributed by atoms with Crippen molar-refractivity contribution < 1.29 is 0 Å². The lowest BCUT2D eigenvalue weighted by Gasteiger charge is -2.39. The highest BCUT2D eigenvalue weighted by molar-refractivity contribution is 14.0. The topological polar surface area (TPSA) is 45.5 Å². The standard InChI is InChI=1S/C23H29N5.HI/c1-18-10-13-27(16-22(18)28-14-12-25-17-28)23(24-2)26-11-9-19-7-8-20-5-3-4-6-21(20)15-19;/h3-8,12,14-15,17-18,22H,9-11,13,16H2,1-2H3,(H,24,26);1H. The lowest BCUT2D eigenvalue weighted by Crippen LogP contribution is -2.49. The molecule has 6 heteroatoms. The molecule has 0 aliphatic carbocycles. The Bertz CT molecular complexity index is 937. The third-order valence-corrected chi connectivity index (χ3v) is 5.85. The molecule has 2 atom stereocenters. The summed E-state index contributed by atoms with van der Waals surface area (Å²) in [5.41, 5.74) is 1.35. The average Bonchev–Trinajstić information content (AvgIpc) is 3.26. The van der Waals surface area contributed by atoms with E-state index in [0.29, 0.717) is 12.0 Å². The van der Waals surface area contributed by atoms with Crippen molar-refractivity contribution in [2.45, 2.75) is 25.8 Å². The highest BCUT2D eigenvalue weighted by Gasteiger charge is 2.28. The van der Waals surface area contributed by atoms with E-state index in [4.69, 9.17) is 0 Å². The molecule has 1 fully saturated rings. The van der Waals surface area contributed by atoms with E-state index >= 15 is 0 Å². The largest absolute Gasteiger partial charge is 0.356 e. The van der Waals surface area contributed by atoms with Crippen LogP contribution in [0.15, 0.2) is 66.2 Å². The van der Waals surface area contributed by atoms with Gasteiger partial charge in [0.05, 0.1) is 12.4 Å². The highest BCUT2D eigenvalue weighted by atomic mass is 127. The van der Waals surface area contributed by atoms with Crippen molar-refractivity contribution in [3.05, 3.63) is 66.7 Å². The summed E-state index contributed by atoms with van der Waals surface area (Å²) in [5, 5.41) is 6.17. The van der Waals surface area contributed by atoms with Crippen LogP contribution in [-0.4, -0.2) is 47.1 Å². The Kier molecular flexibility index (Phi) is 7.52. The van der Waals surface area contributed by atoms with Crippen molar-refractivity contribution >= 4 is 40.7 Å². The van der Waals surface area contributed by atoms with E-state index in [2.05, 4.69) is 80.3 Å². The summed E-state index contributed by atoms with van der Waals surface area (Å²) in [6, 6.07) is 15.7. The summed E-state index contributed by atoms with van der Waals surface area (Å²) in [6.45, 7) is 5.22. The van der Waals surface area contributed by atoms with E-state index in [1.54, 1.807) is 0 Å². The van der Waals surface area contributed by atoms with Crippen molar-refractivity contribution in [3.63, 3.8) is 0 Å². The predicted molar refractivity (Wildman–Crippen MR) is 131 cm³/mol. The number of guanidine groups is 1. The van der Waals surface area contributed by atoms with Crippen molar-refractivity contribution in [3.8, 4) is 0 Å². The summed E-state index contributed by atoms with van der Waals surface area (Å²) >= 11 is 0. The van der Waals surface area contributed by atoms with Gasteiger partial charge in [-0.05, 0) is 35.1 Å². The third-order valence-electron chi connectivity index (χ3n) is 5.85. The Labute approximate surface area is 190 Å². The molecule has 1 aliphatic rings. The van der Waals surface area contributed by atoms with Crippen LogP contribution in [0.4, 0.5) is 0 Å². The molecule has 29 heavy (non-hydrogen) atoms. The molecule has 1 saturated heterocycles. The van der Waals surface area contributed by atoms with Crippen LogP contribution in [0.5, 0.6) is 0 Å². The molecule has 2 heterocycles. The third kappa shape index (κ3) is 5.10. The number of hydrogen-bond acceptors (Lipinski definition) is 2. The molecule has 1 N–H and O–H groups in total. The number of rotatable bonds is 4. The second-order valence-electron chi connectivity index (χ2n) is 7.69. The normalized spacial score (nSPS) is 19.8. The van der Waals surface area contributed by atoms with E-state index < -0.39 is 0 Å². The molecule has 2 aromatic carbocycles. The van der Waals surface area contributed by atoms with Crippen molar-refractivity contribution in [2.24, 2.45) is 10.9 Å². The molecule has 0 spiro atoms. The first kappa shape index (κ1) is 21.6. The van der Waals surface area contributed by atoms with Crippen LogP contribution in [0, 0.1) is 5.92 Å². The van der Waals surface area contributed by atoms with Gasteiger partial charge in [0.25, 0.3) is 0 Å². The number of nitrogens with one attached hydrogen (secondary N) is 1. The minimum atomic E-state index is 0. The van der Waals surface area contributed by atoms with Crippen LogP contribution in [0.25, 0.3) is 10.8 Å². The first-order valence-electron chi connectivity index (χ1n) is 10.2. The molecule has 0 saturated carbocycles. The maximum Gasteiger partial charge on any atom is 0.193 e. The van der Waals surface area contributed by atoms with Gasteiger partial charge >= 0.3 is 0 Å². The van der Waals surface area contributed by atoms with Crippen LogP contribution < -0.4 is 5.32 Å². The van der Waals surface area contributed by atoms with Gasteiger partial charge in [-0.15, -0.1) is 24.0 Å². The fraction of sp³-hybridized carbons (Fsp3) is 0.391. The van der Waals surface area contributed by atoms with E-state index in [9.17, 15) is 0 Å². The molecule has 1 aromatic heterocycles. The maximum absolute atomic E-state index is 4.54. The summed E-state index contributed by atoms with van der Waals surface area (Å²) in [7, 11) is 1.88. The number of aromatic nitrogens is 2. The lowest BCUT2D eigenvalue weighted by atomic mass is 9.93. The summed E-state index contributed by atoms with van der Waals surface area (Å²) < 4.78 is 2.24. The molecular weight excluding hydrogens is 473 g/mol. The van der Waals surface area contributed by atoms with Crippen LogP contribution in [0.3, 0.4) is 0 Å². The summed E-state index contributed by atoms with van der Waals surface area (Å²) in [5.74, 6) is 1.64. The summed E-state index contributed by atoms with van der Waals surface area (Å²) in [4.78, 5) is 11.1. The monoisotopic (exact) mass is 503 g/mol. The molecule has 154 valence electrons. The van der Waals surface area contributed by atoms with Gasteiger partial charge in [-0.25, -0.2) is 4.98 Å². The van der Waals surface area contributed by atoms with Gasteiger partial charge < -0.3 is 14.8 Å². The number of aliphatic imine (C=N–C) groups is 1. The van der Waals surface area contributed by atoms with Gasteiger partial charge in [0.15, 0.2) is 5.96 Å². The van der Waals surface area contributed by atoms with Crippen molar-refractivity contribution in [1.29, 1.82) is 0 Å². The predicted octanol–water partition coefficient (Wildman–Crippen LogP) is 4.36. The smallest absolute Gasteiger partial charge is 0.193 e. The molecule has 2 unspecified atom stereocenters. The number of imidazole rings is 1. The Morgan fingerprint density at radius 1 is 1.21 bits per heavy atom. The molecule has 5 nitrogen and oxygen atoms in total. The van der Waals surface area contributed by atoms with Gasteiger partial charge in [-0.1, -0.05) is 49.4 Å². The molecule has 1 aliphatic heterocycles. The second kappa shape index (κ2) is 10.1. The molecule has 3 aromatic rings. The van der Waals surface area contributed by atoms with Crippen molar-refractivity contribution in [1.82, 2.24) is 19.8 Å². The first-order chi connectivity index (χ1) is 13.7. The van der Waals surface area contributed by atoms with Crippen LogP contribution in [-0.2, 0) is 6.42 Å². The molecule has 0 radical (unpaired) electrons. The number of nitrogens with zero attached hydrogens (tertiary/aromatic N) is 4. The molecule has 0 bridgehead atoms. The quantitative estimate of drug-likeness (QED) is 0.327. The Morgan fingerprint density at radius 3 is 2.79 bits per heavy atom. The number of halogens is 1. The minimum absolute atomic E-state index is 0. The average molecular weight is 503 g/mol.